The van der Waals surface area contributed by atoms with Crippen LogP contribution in [0.4, 0.5) is 0 Å². The van der Waals surface area contributed by atoms with Crippen molar-refractivity contribution in [2.75, 3.05) is 6.61 Å². The van der Waals surface area contributed by atoms with E-state index in [-0.39, 0.29) is 30.8 Å². The lowest BCUT2D eigenvalue weighted by atomic mass is 9.97. The van der Waals surface area contributed by atoms with Crippen LogP contribution in [0.2, 0.25) is 0 Å². The first kappa shape index (κ1) is 8.44. The minimum atomic E-state index is -0.715. The topological polar surface area (TPSA) is 73.2 Å². The number of fused-ring (bicyclic) bond motifs is 1. The molecule has 1 saturated carbocycles. The van der Waals surface area contributed by atoms with E-state index in [4.69, 9.17) is 14.9 Å². The van der Waals surface area contributed by atoms with Crippen molar-refractivity contribution in [3.8, 4) is 0 Å². The lowest BCUT2D eigenvalue weighted by molar-refractivity contribution is 0.0204. The van der Waals surface area contributed by atoms with E-state index in [0.717, 1.165) is 0 Å². The molecule has 0 aromatic heterocycles. The van der Waals surface area contributed by atoms with Gasteiger partial charge >= 0.3 is 0 Å². The van der Waals surface area contributed by atoms with E-state index in [1.807, 2.05) is 0 Å². The number of rotatable bonds is 3. The van der Waals surface area contributed by atoms with E-state index in [1.54, 1.807) is 0 Å². The number of epoxide rings is 1. The highest BCUT2D eigenvalue weighted by Gasteiger charge is 2.55. The molecule has 1 saturated heterocycles. The third-order valence-electron chi connectivity index (χ3n) is 2.77. The van der Waals surface area contributed by atoms with Crippen molar-refractivity contribution in [2.24, 2.45) is 5.92 Å². The predicted molar refractivity (Wildman–Crippen MR) is 40.5 cm³/mol. The van der Waals surface area contributed by atoms with Crippen molar-refractivity contribution >= 4 is 0 Å². The number of hydrogen-bond acceptors (Lipinski definition) is 4. The summed E-state index contributed by atoms with van der Waals surface area (Å²) in [5.74, 6) is 0.0251. The molecule has 2 aliphatic rings. The zero-order valence-electron chi connectivity index (χ0n) is 6.76. The normalized spacial score (nSPS) is 47.2. The average molecular weight is 174 g/mol. The SMILES string of the molecule is OCC(O)CC1C(O)CC2OC21. The Balaban J connectivity index is 1.86. The molecule has 0 radical (unpaired) electrons. The van der Waals surface area contributed by atoms with Crippen molar-refractivity contribution < 1.29 is 20.1 Å². The van der Waals surface area contributed by atoms with E-state index in [1.165, 1.54) is 0 Å². The lowest BCUT2D eigenvalue weighted by Crippen LogP contribution is -2.26. The standard InChI is InChI=1S/C8H14O4/c9-3-4(10)1-5-6(11)2-7-8(5)12-7/h4-11H,1-3H2. The second-order valence-corrected chi connectivity index (χ2v) is 3.68. The Labute approximate surface area is 70.8 Å². The fraction of sp³-hybridized carbons (Fsp3) is 1.00. The van der Waals surface area contributed by atoms with Crippen LogP contribution in [-0.4, -0.2) is 46.3 Å². The lowest BCUT2D eigenvalue weighted by Gasteiger charge is -2.18. The van der Waals surface area contributed by atoms with E-state index in [0.29, 0.717) is 12.8 Å². The molecule has 0 aromatic rings. The fourth-order valence-electron chi connectivity index (χ4n) is 2.03. The average Bonchev–Trinajstić information content (AvgIpc) is 2.73. The van der Waals surface area contributed by atoms with Crippen molar-refractivity contribution in [1.29, 1.82) is 0 Å². The highest BCUT2D eigenvalue weighted by molar-refractivity contribution is 5.02. The highest BCUT2D eigenvalue weighted by Crippen LogP contribution is 2.44. The predicted octanol–water partition coefficient (Wildman–Crippen LogP) is -1.12. The zero-order chi connectivity index (χ0) is 8.72. The first-order valence-electron chi connectivity index (χ1n) is 4.35. The van der Waals surface area contributed by atoms with Gasteiger partial charge in [0.2, 0.25) is 0 Å². The minimum Gasteiger partial charge on any atom is -0.394 e. The van der Waals surface area contributed by atoms with Gasteiger partial charge in [0.15, 0.2) is 0 Å². The highest BCUT2D eigenvalue weighted by atomic mass is 16.6. The van der Waals surface area contributed by atoms with Crippen LogP contribution in [0.5, 0.6) is 0 Å². The van der Waals surface area contributed by atoms with Gasteiger partial charge in [-0.3, -0.25) is 0 Å². The molecule has 0 spiro atoms. The summed E-state index contributed by atoms with van der Waals surface area (Å²) in [5.41, 5.74) is 0. The smallest absolute Gasteiger partial charge is 0.0896 e. The first-order chi connectivity index (χ1) is 5.72. The third-order valence-corrected chi connectivity index (χ3v) is 2.77. The molecular weight excluding hydrogens is 160 g/mol. The molecule has 3 N–H and O–H groups in total. The molecule has 1 aliphatic heterocycles. The van der Waals surface area contributed by atoms with Crippen molar-refractivity contribution in [3.63, 3.8) is 0 Å². The Kier molecular flexibility index (Phi) is 2.08. The van der Waals surface area contributed by atoms with Gasteiger partial charge in [-0.1, -0.05) is 0 Å². The summed E-state index contributed by atoms with van der Waals surface area (Å²) in [5, 5.41) is 27.2. The molecule has 5 unspecified atom stereocenters. The van der Waals surface area contributed by atoms with E-state index in [2.05, 4.69) is 0 Å². The molecular formula is C8H14O4. The molecule has 4 nitrogen and oxygen atoms in total. The molecule has 0 amide bonds. The van der Waals surface area contributed by atoms with Gasteiger partial charge in [-0.15, -0.1) is 0 Å². The Morgan fingerprint density at radius 1 is 1.50 bits per heavy atom. The van der Waals surface area contributed by atoms with Gasteiger partial charge in [-0.25, -0.2) is 0 Å². The van der Waals surface area contributed by atoms with Crippen LogP contribution in [0.1, 0.15) is 12.8 Å². The number of hydrogen-bond donors (Lipinski definition) is 3. The van der Waals surface area contributed by atoms with Gasteiger partial charge < -0.3 is 20.1 Å². The fourth-order valence-corrected chi connectivity index (χ4v) is 2.03. The monoisotopic (exact) mass is 174 g/mol. The van der Waals surface area contributed by atoms with Gasteiger partial charge in [0.1, 0.15) is 0 Å². The summed E-state index contributed by atoms with van der Waals surface area (Å²) in [4.78, 5) is 0. The molecule has 0 bridgehead atoms. The molecule has 5 atom stereocenters. The Bertz CT molecular complexity index is 170. The summed E-state index contributed by atoms with van der Waals surface area (Å²) in [6.07, 6.45) is 0.423. The van der Waals surface area contributed by atoms with Gasteiger partial charge in [0.05, 0.1) is 31.0 Å². The maximum absolute atomic E-state index is 9.46. The van der Waals surface area contributed by atoms with Gasteiger partial charge in [0, 0.05) is 12.3 Å². The largest absolute Gasteiger partial charge is 0.394 e. The van der Waals surface area contributed by atoms with Crippen LogP contribution < -0.4 is 0 Å². The summed E-state index contributed by atoms with van der Waals surface area (Å²) < 4.78 is 5.23. The van der Waals surface area contributed by atoms with E-state index < -0.39 is 6.10 Å². The molecule has 1 heterocycles. The second kappa shape index (κ2) is 2.96. The molecule has 2 rings (SSSR count). The van der Waals surface area contributed by atoms with E-state index >= 15 is 0 Å². The number of ether oxygens (including phenoxy) is 1. The zero-order valence-corrected chi connectivity index (χ0v) is 6.76. The minimum absolute atomic E-state index is 0.0251. The molecule has 1 aliphatic carbocycles. The Morgan fingerprint density at radius 3 is 2.75 bits per heavy atom. The van der Waals surface area contributed by atoms with Crippen molar-refractivity contribution in [3.05, 3.63) is 0 Å². The van der Waals surface area contributed by atoms with Crippen LogP contribution in [0, 0.1) is 5.92 Å². The number of aliphatic hydroxyl groups is 3. The summed E-state index contributed by atoms with van der Waals surface area (Å²) >= 11 is 0. The van der Waals surface area contributed by atoms with Crippen molar-refractivity contribution in [1.82, 2.24) is 0 Å². The third kappa shape index (κ3) is 1.35. The summed E-state index contributed by atoms with van der Waals surface area (Å²) in [7, 11) is 0. The summed E-state index contributed by atoms with van der Waals surface area (Å²) in [6, 6.07) is 0. The second-order valence-electron chi connectivity index (χ2n) is 3.68. The van der Waals surface area contributed by atoms with Gasteiger partial charge in [0.25, 0.3) is 0 Å². The molecule has 12 heavy (non-hydrogen) atoms. The Hall–Kier alpha value is -0.160. The first-order valence-corrected chi connectivity index (χ1v) is 4.35. The molecule has 70 valence electrons. The van der Waals surface area contributed by atoms with Crippen LogP contribution >= 0.6 is 0 Å². The van der Waals surface area contributed by atoms with Gasteiger partial charge in [-0.2, -0.15) is 0 Å². The van der Waals surface area contributed by atoms with Crippen molar-refractivity contribution in [2.45, 2.75) is 37.3 Å². The van der Waals surface area contributed by atoms with Crippen LogP contribution in [0.3, 0.4) is 0 Å². The quantitative estimate of drug-likeness (QED) is 0.474. The number of aliphatic hydroxyl groups excluding tert-OH is 3. The molecule has 0 aromatic carbocycles. The van der Waals surface area contributed by atoms with Gasteiger partial charge in [-0.05, 0) is 6.42 Å². The Morgan fingerprint density at radius 2 is 2.25 bits per heavy atom. The van der Waals surface area contributed by atoms with Crippen LogP contribution in [0.15, 0.2) is 0 Å². The van der Waals surface area contributed by atoms with Crippen LogP contribution in [0.25, 0.3) is 0 Å². The summed E-state index contributed by atoms with van der Waals surface area (Å²) in [6.45, 7) is -0.236. The molecule has 2 fully saturated rings. The maximum atomic E-state index is 9.46. The van der Waals surface area contributed by atoms with Crippen LogP contribution in [-0.2, 0) is 4.74 Å². The van der Waals surface area contributed by atoms with E-state index in [9.17, 15) is 5.11 Å². The maximum Gasteiger partial charge on any atom is 0.0896 e. The molecule has 4 heteroatoms.